The van der Waals surface area contributed by atoms with E-state index in [4.69, 9.17) is 21.9 Å². The Morgan fingerprint density at radius 1 is 1.35 bits per heavy atom. The van der Waals surface area contributed by atoms with Crippen LogP contribution in [0, 0.1) is 0 Å². The molecule has 3 aromatic rings. The largest absolute Gasteiger partial charge is 0.332 e. The third kappa shape index (κ3) is 2.55. The van der Waals surface area contributed by atoms with E-state index in [0.29, 0.717) is 34.7 Å². The van der Waals surface area contributed by atoms with Gasteiger partial charge in [0.05, 0.1) is 10.0 Å². The molecule has 0 radical (unpaired) electrons. The third-order valence-electron chi connectivity index (χ3n) is 2.53. The van der Waals surface area contributed by atoms with Crippen LogP contribution in [0.4, 0.5) is 0 Å². The molecule has 3 rings (SSSR count). The second-order valence-electron chi connectivity index (χ2n) is 3.92. The van der Waals surface area contributed by atoms with Gasteiger partial charge in [-0.2, -0.15) is 4.98 Å². The Kier molecular flexibility index (Phi) is 3.72. The number of hydrogen-bond donors (Lipinski definition) is 1. The zero-order valence-electron chi connectivity index (χ0n) is 10.3. The molecular weight excluding hydrogens is 298 g/mol. The molecule has 0 fully saturated rings. The van der Waals surface area contributed by atoms with Gasteiger partial charge in [0.2, 0.25) is 5.82 Å². The first kappa shape index (κ1) is 13.2. The normalized spacial score (nSPS) is 10.9. The summed E-state index contributed by atoms with van der Waals surface area (Å²) in [5.41, 5.74) is 6.63. The highest BCUT2D eigenvalue weighted by Crippen LogP contribution is 2.26. The molecule has 20 heavy (non-hydrogen) atoms. The van der Waals surface area contributed by atoms with E-state index in [1.807, 2.05) is 5.38 Å². The molecule has 0 amide bonds. The van der Waals surface area contributed by atoms with Gasteiger partial charge < -0.3 is 10.3 Å². The van der Waals surface area contributed by atoms with Gasteiger partial charge in [0.1, 0.15) is 11.4 Å². The molecule has 0 bridgehead atoms. The van der Waals surface area contributed by atoms with Gasteiger partial charge in [0.25, 0.3) is 5.89 Å². The summed E-state index contributed by atoms with van der Waals surface area (Å²) >= 11 is 7.56. The maximum Gasteiger partial charge on any atom is 0.277 e. The summed E-state index contributed by atoms with van der Waals surface area (Å²) in [5, 5.41) is 7.17. The number of pyridine rings is 1. The van der Waals surface area contributed by atoms with Crippen LogP contribution in [0.3, 0.4) is 0 Å². The number of nitrogens with zero attached hydrogens (tertiary/aromatic N) is 4. The van der Waals surface area contributed by atoms with Crippen LogP contribution in [-0.2, 0) is 6.42 Å². The maximum atomic E-state index is 6.05. The summed E-state index contributed by atoms with van der Waals surface area (Å²) in [6.07, 6.45) is 2.36. The lowest BCUT2D eigenvalue weighted by atomic mass is 10.3. The lowest BCUT2D eigenvalue weighted by Crippen LogP contribution is -2.01. The predicted molar refractivity (Wildman–Crippen MR) is 76.4 cm³/mol. The van der Waals surface area contributed by atoms with Gasteiger partial charge in [-0.15, -0.1) is 11.3 Å². The number of nitrogens with two attached hydrogens (primary N) is 1. The smallest absolute Gasteiger partial charge is 0.277 e. The molecule has 0 aliphatic rings. The fourth-order valence-corrected chi connectivity index (χ4v) is 2.62. The molecule has 2 N–H and O–H groups in total. The summed E-state index contributed by atoms with van der Waals surface area (Å²) in [5.74, 6) is 0.695. The van der Waals surface area contributed by atoms with Gasteiger partial charge in [-0.1, -0.05) is 16.8 Å². The van der Waals surface area contributed by atoms with Crippen molar-refractivity contribution in [3.63, 3.8) is 0 Å². The van der Waals surface area contributed by atoms with Crippen LogP contribution in [0.25, 0.3) is 23.1 Å². The second-order valence-corrected chi connectivity index (χ2v) is 5.27. The van der Waals surface area contributed by atoms with Crippen molar-refractivity contribution >= 4 is 22.9 Å². The predicted octanol–water partition coefficient (Wildman–Crippen LogP) is 2.41. The molecule has 0 saturated heterocycles. The minimum absolute atomic E-state index is 0.346. The van der Waals surface area contributed by atoms with Crippen molar-refractivity contribution in [1.29, 1.82) is 0 Å². The van der Waals surface area contributed by atoms with E-state index in [0.717, 1.165) is 11.4 Å². The minimum Gasteiger partial charge on any atom is -0.332 e. The molecule has 0 aliphatic carbocycles. The van der Waals surface area contributed by atoms with Crippen molar-refractivity contribution in [3.8, 4) is 23.1 Å². The van der Waals surface area contributed by atoms with E-state index < -0.39 is 0 Å². The highest BCUT2D eigenvalue weighted by atomic mass is 35.5. The van der Waals surface area contributed by atoms with Crippen LogP contribution in [0.1, 0.15) is 5.01 Å². The Hall–Kier alpha value is -1.83. The topological polar surface area (TPSA) is 90.7 Å². The van der Waals surface area contributed by atoms with Gasteiger partial charge in [-0.05, 0) is 18.7 Å². The summed E-state index contributed by atoms with van der Waals surface area (Å²) in [7, 11) is 0. The van der Waals surface area contributed by atoms with E-state index >= 15 is 0 Å². The van der Waals surface area contributed by atoms with Crippen molar-refractivity contribution < 1.29 is 4.52 Å². The Bertz CT molecular complexity index is 726. The molecule has 0 unspecified atom stereocenters. The average molecular weight is 308 g/mol. The fourth-order valence-electron chi connectivity index (χ4n) is 1.62. The molecule has 6 nitrogen and oxygen atoms in total. The summed E-state index contributed by atoms with van der Waals surface area (Å²) in [6, 6.07) is 3.47. The van der Waals surface area contributed by atoms with Crippen LogP contribution >= 0.6 is 22.9 Å². The molecular formula is C12H10ClN5OS. The number of halogens is 1. The van der Waals surface area contributed by atoms with Crippen LogP contribution in [0.15, 0.2) is 28.2 Å². The average Bonchev–Trinajstić information content (AvgIpc) is 3.08. The first-order valence-corrected chi connectivity index (χ1v) is 7.13. The highest BCUT2D eigenvalue weighted by molar-refractivity contribution is 7.09. The lowest BCUT2D eigenvalue weighted by molar-refractivity contribution is 0.431. The molecule has 0 atom stereocenters. The van der Waals surface area contributed by atoms with Gasteiger partial charge in [0.15, 0.2) is 0 Å². The van der Waals surface area contributed by atoms with Crippen LogP contribution in [0.2, 0.25) is 5.02 Å². The van der Waals surface area contributed by atoms with Gasteiger partial charge in [-0.3, -0.25) is 4.98 Å². The van der Waals surface area contributed by atoms with E-state index in [1.54, 1.807) is 18.3 Å². The van der Waals surface area contributed by atoms with E-state index in [2.05, 4.69) is 20.1 Å². The quantitative estimate of drug-likeness (QED) is 0.796. The lowest BCUT2D eigenvalue weighted by Gasteiger charge is -1.94. The molecule has 102 valence electrons. The number of thiazole rings is 1. The van der Waals surface area contributed by atoms with Crippen molar-refractivity contribution in [2.45, 2.75) is 6.42 Å². The van der Waals surface area contributed by atoms with Gasteiger partial charge in [0, 0.05) is 18.0 Å². The summed E-state index contributed by atoms with van der Waals surface area (Å²) < 4.78 is 5.20. The van der Waals surface area contributed by atoms with Crippen molar-refractivity contribution in [2.24, 2.45) is 5.73 Å². The minimum atomic E-state index is 0.346. The van der Waals surface area contributed by atoms with Gasteiger partial charge >= 0.3 is 0 Å². The van der Waals surface area contributed by atoms with E-state index in [1.165, 1.54) is 11.3 Å². The first-order chi connectivity index (χ1) is 9.78. The Morgan fingerprint density at radius 2 is 2.25 bits per heavy atom. The number of aromatic nitrogens is 4. The Labute approximate surface area is 123 Å². The highest BCUT2D eigenvalue weighted by Gasteiger charge is 2.16. The van der Waals surface area contributed by atoms with Crippen molar-refractivity contribution in [2.75, 3.05) is 6.54 Å². The van der Waals surface area contributed by atoms with Crippen LogP contribution in [0.5, 0.6) is 0 Å². The van der Waals surface area contributed by atoms with E-state index in [9.17, 15) is 0 Å². The van der Waals surface area contributed by atoms with Crippen molar-refractivity contribution in [3.05, 3.63) is 33.7 Å². The SMILES string of the molecule is NCCc1nc(-c2nc(-c3ncccc3Cl)no2)cs1. The molecule has 3 aromatic heterocycles. The fraction of sp³-hybridized carbons (Fsp3) is 0.167. The van der Waals surface area contributed by atoms with Crippen molar-refractivity contribution in [1.82, 2.24) is 20.1 Å². The number of hydrogen-bond acceptors (Lipinski definition) is 7. The standard InChI is InChI=1S/C12H10ClN5OS/c13-7-2-1-5-15-10(7)11-17-12(19-18-11)8-6-20-9(16-8)3-4-14/h1-2,5-6H,3-4,14H2. The zero-order valence-corrected chi connectivity index (χ0v) is 11.9. The molecule has 3 heterocycles. The van der Waals surface area contributed by atoms with E-state index in [-0.39, 0.29) is 0 Å². The maximum absolute atomic E-state index is 6.05. The molecule has 0 aliphatic heterocycles. The summed E-state index contributed by atoms with van der Waals surface area (Å²) in [4.78, 5) is 12.8. The summed E-state index contributed by atoms with van der Waals surface area (Å²) in [6.45, 7) is 0.561. The first-order valence-electron chi connectivity index (χ1n) is 5.87. The van der Waals surface area contributed by atoms with Gasteiger partial charge in [-0.25, -0.2) is 4.98 Å². The number of rotatable bonds is 4. The third-order valence-corrected chi connectivity index (χ3v) is 3.74. The monoisotopic (exact) mass is 307 g/mol. The van der Waals surface area contributed by atoms with Crippen LogP contribution < -0.4 is 5.73 Å². The Morgan fingerprint density at radius 3 is 3.05 bits per heavy atom. The molecule has 0 aromatic carbocycles. The molecule has 8 heteroatoms. The Balaban J connectivity index is 1.91. The molecule has 0 saturated carbocycles. The molecule has 0 spiro atoms. The zero-order chi connectivity index (χ0) is 13.9. The second kappa shape index (κ2) is 5.66. The van der Waals surface area contributed by atoms with Crippen LogP contribution in [-0.4, -0.2) is 26.7 Å².